The largest absolute Gasteiger partial charge is 0.294 e. The zero-order chi connectivity index (χ0) is 26.1. The van der Waals surface area contributed by atoms with E-state index in [-0.39, 0.29) is 80.0 Å². The lowest BCUT2D eigenvalue weighted by molar-refractivity contribution is -0.0458. The van der Waals surface area contributed by atoms with Crippen molar-refractivity contribution in [1.29, 1.82) is 0 Å². The molecule has 190 valence electrons. The first-order valence-corrected chi connectivity index (χ1v) is 12.7. The smallest absolute Gasteiger partial charge is 0.255 e. The van der Waals surface area contributed by atoms with Gasteiger partial charge in [0.2, 0.25) is 5.92 Å². The summed E-state index contributed by atoms with van der Waals surface area (Å²) in [5, 5.41) is -0.0696. The molecule has 0 radical (unpaired) electrons. The quantitative estimate of drug-likeness (QED) is 0.171. The Balaban J connectivity index is 1.83. The van der Waals surface area contributed by atoms with Crippen molar-refractivity contribution in [1.82, 2.24) is 0 Å². The van der Waals surface area contributed by atoms with Crippen molar-refractivity contribution in [3.05, 3.63) is 72.6 Å². The topological polar surface area (TPSA) is 17.1 Å². The minimum absolute atomic E-state index is 0.00540. The molecule has 0 amide bonds. The maximum Gasteiger partial charge on any atom is 0.255 e. The Bertz CT molecular complexity index is 1110. The molecule has 0 N–H and O–H groups in total. The van der Waals surface area contributed by atoms with Crippen molar-refractivity contribution in [3.63, 3.8) is 0 Å². The summed E-state index contributed by atoms with van der Waals surface area (Å²) in [6.45, 7) is 0.649. The Hall–Kier alpha value is -1.15. The van der Waals surface area contributed by atoms with E-state index < -0.39 is 23.6 Å². The Morgan fingerprint density at radius 2 is 1.71 bits per heavy atom. The zero-order valence-corrected chi connectivity index (χ0v) is 22.3. The number of carbonyl (C=O) groups excluding carboxylic acids is 1. The number of halogens is 9. The minimum atomic E-state index is -3.36. The summed E-state index contributed by atoms with van der Waals surface area (Å²) >= 11 is 21.1. The van der Waals surface area contributed by atoms with E-state index in [1.807, 2.05) is 0 Å². The number of carbonyl (C=O) groups is 1. The average Bonchev–Trinajstić information content (AvgIpc) is 2.75. The van der Waals surface area contributed by atoms with Gasteiger partial charge in [-0.3, -0.25) is 4.79 Å². The van der Waals surface area contributed by atoms with Gasteiger partial charge in [-0.15, -0.1) is 0 Å². The van der Waals surface area contributed by atoms with E-state index in [4.69, 9.17) is 34.8 Å². The Morgan fingerprint density at radius 3 is 2.23 bits per heavy atom. The number of Topliss-reactive ketones (excluding diaryl/α,β-unsaturated/α-hetero) is 1. The third-order valence-corrected chi connectivity index (χ3v) is 7.93. The zero-order valence-electron chi connectivity index (χ0n) is 18.5. The van der Waals surface area contributed by atoms with Crippen molar-refractivity contribution in [2.45, 2.75) is 56.8 Å². The molecule has 10 heteroatoms. The molecular formula is C25H21BrCl3F5O. The monoisotopic (exact) mass is 616 g/mol. The highest BCUT2D eigenvalue weighted by atomic mass is 79.9. The molecule has 0 spiro atoms. The summed E-state index contributed by atoms with van der Waals surface area (Å²) in [5.41, 5.74) is 0.231. The normalized spacial score (nSPS) is 17.9. The molecule has 0 bridgehead atoms. The molecule has 2 aromatic carbocycles. The van der Waals surface area contributed by atoms with Gasteiger partial charge in [0.25, 0.3) is 5.92 Å². The highest BCUT2D eigenvalue weighted by Gasteiger charge is 2.36. The summed E-state index contributed by atoms with van der Waals surface area (Å²) in [4.78, 5) is 12.7. The van der Waals surface area contributed by atoms with Gasteiger partial charge in [-0.2, -0.15) is 0 Å². The van der Waals surface area contributed by atoms with Crippen LogP contribution in [-0.2, 0) is 0 Å². The van der Waals surface area contributed by atoms with Crippen LogP contribution in [-0.4, -0.2) is 17.6 Å². The third-order valence-electron chi connectivity index (χ3n) is 6.08. The lowest BCUT2D eigenvalue weighted by atomic mass is 9.83. The van der Waals surface area contributed by atoms with Gasteiger partial charge in [0.1, 0.15) is 5.83 Å². The van der Waals surface area contributed by atoms with Crippen LogP contribution in [0.2, 0.25) is 15.1 Å². The predicted octanol–water partition coefficient (Wildman–Crippen LogP) is 10.6. The highest BCUT2D eigenvalue weighted by Crippen LogP contribution is 2.42. The van der Waals surface area contributed by atoms with Crippen LogP contribution in [0.1, 0.15) is 66.4 Å². The standard InChI is InChI=1S/C25H21BrCl3F5O/c1-24(31,32)17(15-10-19(27)23(29)20(28)11-15)12-21(30)14-2-3-16(18(26)9-14)22(35)8-13-4-6-25(33,34)7-5-13/h2-3,9-13,17H,4-8H2,1H3/b21-12-. The van der Waals surface area contributed by atoms with Crippen molar-refractivity contribution in [2.24, 2.45) is 5.92 Å². The Kier molecular flexibility index (Phi) is 8.99. The molecule has 0 saturated heterocycles. The number of allylic oxidation sites excluding steroid dienone is 1. The van der Waals surface area contributed by atoms with Gasteiger partial charge >= 0.3 is 0 Å². The molecule has 1 fully saturated rings. The second kappa shape index (κ2) is 11.1. The molecule has 0 heterocycles. The molecule has 2 aromatic rings. The molecule has 1 nitrogen and oxygen atoms in total. The predicted molar refractivity (Wildman–Crippen MR) is 134 cm³/mol. The van der Waals surface area contributed by atoms with Crippen LogP contribution in [0.3, 0.4) is 0 Å². The summed E-state index contributed by atoms with van der Waals surface area (Å²) in [6.07, 6.45) is 0.910. The molecule has 1 unspecified atom stereocenters. The van der Waals surface area contributed by atoms with Gasteiger partial charge in [-0.05, 0) is 54.7 Å². The molecular weight excluding hydrogens is 598 g/mol. The number of rotatable bonds is 7. The number of benzene rings is 2. The molecule has 1 aliphatic carbocycles. The second-order valence-corrected chi connectivity index (χ2v) is 10.9. The molecule has 1 aliphatic rings. The van der Waals surface area contributed by atoms with Gasteiger partial charge in [-0.25, -0.2) is 22.0 Å². The summed E-state index contributed by atoms with van der Waals surface area (Å²) in [6, 6.07) is 6.44. The van der Waals surface area contributed by atoms with Gasteiger partial charge in [0, 0.05) is 41.8 Å². The lowest BCUT2D eigenvalue weighted by Crippen LogP contribution is -2.25. The highest BCUT2D eigenvalue weighted by molar-refractivity contribution is 9.10. The molecule has 1 saturated carbocycles. The average molecular weight is 619 g/mol. The molecule has 3 rings (SSSR count). The number of alkyl halides is 4. The number of ketones is 1. The van der Waals surface area contributed by atoms with E-state index in [1.165, 1.54) is 30.3 Å². The van der Waals surface area contributed by atoms with E-state index in [9.17, 15) is 22.4 Å². The van der Waals surface area contributed by atoms with E-state index in [0.29, 0.717) is 6.92 Å². The van der Waals surface area contributed by atoms with Gasteiger partial charge < -0.3 is 0 Å². The van der Waals surface area contributed by atoms with Crippen LogP contribution < -0.4 is 0 Å². The van der Waals surface area contributed by atoms with E-state index in [2.05, 4.69) is 15.9 Å². The van der Waals surface area contributed by atoms with Crippen LogP contribution in [0.5, 0.6) is 0 Å². The van der Waals surface area contributed by atoms with Crippen molar-refractivity contribution >= 4 is 62.3 Å². The lowest BCUT2D eigenvalue weighted by Gasteiger charge is -2.27. The molecule has 0 aromatic heterocycles. The van der Waals surface area contributed by atoms with Crippen LogP contribution in [0, 0.1) is 5.92 Å². The molecule has 1 atom stereocenters. The van der Waals surface area contributed by atoms with E-state index >= 15 is 4.39 Å². The number of hydrogen-bond donors (Lipinski definition) is 0. The van der Waals surface area contributed by atoms with Crippen LogP contribution in [0.15, 0.2) is 40.9 Å². The van der Waals surface area contributed by atoms with Gasteiger partial charge in [0.15, 0.2) is 5.78 Å². The summed E-state index contributed by atoms with van der Waals surface area (Å²) in [7, 11) is 0. The molecule has 35 heavy (non-hydrogen) atoms. The Morgan fingerprint density at radius 1 is 1.14 bits per heavy atom. The van der Waals surface area contributed by atoms with Crippen LogP contribution in [0.4, 0.5) is 22.0 Å². The first-order chi connectivity index (χ1) is 16.2. The Labute approximate surface area is 223 Å². The fraction of sp³-hybridized carbons (Fsp3) is 0.400. The summed E-state index contributed by atoms with van der Waals surface area (Å²) < 4.78 is 70.9. The first kappa shape index (κ1) is 28.4. The van der Waals surface area contributed by atoms with Gasteiger partial charge in [-0.1, -0.05) is 56.8 Å². The van der Waals surface area contributed by atoms with Crippen molar-refractivity contribution in [2.75, 3.05) is 0 Å². The van der Waals surface area contributed by atoms with Crippen molar-refractivity contribution in [3.8, 4) is 0 Å². The maximum absolute atomic E-state index is 15.1. The maximum atomic E-state index is 15.1. The van der Waals surface area contributed by atoms with Crippen LogP contribution in [0.25, 0.3) is 5.83 Å². The third kappa shape index (κ3) is 7.21. The van der Waals surface area contributed by atoms with Crippen LogP contribution >= 0.6 is 50.7 Å². The first-order valence-electron chi connectivity index (χ1n) is 10.8. The minimum Gasteiger partial charge on any atom is -0.294 e. The fourth-order valence-electron chi connectivity index (χ4n) is 4.10. The fourth-order valence-corrected chi connectivity index (χ4v) is 5.31. The van der Waals surface area contributed by atoms with E-state index in [1.54, 1.807) is 0 Å². The van der Waals surface area contributed by atoms with E-state index in [0.717, 1.165) is 6.08 Å². The SMILES string of the molecule is CC(F)(F)C(/C=C(\F)c1ccc(C(=O)CC2CCC(F)(F)CC2)c(Br)c1)c1cc(Cl)c(Cl)c(Cl)c1. The number of hydrogen-bond acceptors (Lipinski definition) is 1. The van der Waals surface area contributed by atoms with Gasteiger partial charge in [0.05, 0.1) is 21.0 Å². The van der Waals surface area contributed by atoms with Crippen molar-refractivity contribution < 1.29 is 26.7 Å². The molecule has 0 aliphatic heterocycles. The summed E-state index contributed by atoms with van der Waals surface area (Å²) in [5.74, 6) is -9.07. The second-order valence-electron chi connectivity index (χ2n) is 8.87.